The van der Waals surface area contributed by atoms with Gasteiger partial charge in [-0.3, -0.25) is 14.6 Å². The molecule has 3 aliphatic rings. The fourth-order valence-electron chi connectivity index (χ4n) is 4.30. The number of carbonyl (C=O) groups excluding carboxylic acids is 2. The molecule has 2 atom stereocenters. The first-order valence-electron chi connectivity index (χ1n) is 9.51. The van der Waals surface area contributed by atoms with E-state index in [0.717, 1.165) is 37.3 Å². The number of nitrogens with one attached hydrogen (secondary N) is 1. The Labute approximate surface area is 162 Å². The first kappa shape index (κ1) is 16.9. The summed E-state index contributed by atoms with van der Waals surface area (Å²) in [6.45, 7) is 3.32. The molecule has 9 nitrogen and oxygen atoms in total. The monoisotopic (exact) mass is 379 g/mol. The Balaban J connectivity index is 1.20. The maximum atomic E-state index is 12.6. The molecule has 2 unspecified atom stereocenters. The summed E-state index contributed by atoms with van der Waals surface area (Å²) in [6, 6.07) is 1.99. The SMILES string of the molecule is O=C1CCc2cc(/C=C/C(=O)N3CC4CN(n5cncn5)CC4C3)cnc2N1. The molecular formula is C19H21N7O2. The number of anilines is 1. The fraction of sp³-hybridized carbons (Fsp3) is 0.421. The quantitative estimate of drug-likeness (QED) is 0.771. The van der Waals surface area contributed by atoms with E-state index >= 15 is 0 Å². The van der Waals surface area contributed by atoms with Crippen LogP contribution in [0.25, 0.3) is 6.08 Å². The molecule has 2 saturated heterocycles. The minimum Gasteiger partial charge on any atom is -0.338 e. The maximum absolute atomic E-state index is 12.6. The highest BCUT2D eigenvalue weighted by Crippen LogP contribution is 2.30. The Hall–Kier alpha value is -3.23. The van der Waals surface area contributed by atoms with E-state index in [-0.39, 0.29) is 11.8 Å². The van der Waals surface area contributed by atoms with E-state index in [1.807, 2.05) is 17.0 Å². The van der Waals surface area contributed by atoms with E-state index in [2.05, 4.69) is 25.4 Å². The Morgan fingerprint density at radius 2 is 2.00 bits per heavy atom. The highest BCUT2D eigenvalue weighted by Gasteiger charge is 2.41. The number of hydrogen-bond acceptors (Lipinski definition) is 6. The van der Waals surface area contributed by atoms with Gasteiger partial charge in [0.05, 0.1) is 0 Å². The molecule has 0 bridgehead atoms. The van der Waals surface area contributed by atoms with Crippen molar-refractivity contribution in [3.05, 3.63) is 42.1 Å². The van der Waals surface area contributed by atoms with Crippen LogP contribution >= 0.6 is 0 Å². The van der Waals surface area contributed by atoms with Crippen LogP contribution in [-0.2, 0) is 16.0 Å². The topological polar surface area (TPSA) is 96.3 Å². The van der Waals surface area contributed by atoms with Crippen LogP contribution in [0.5, 0.6) is 0 Å². The third-order valence-electron chi connectivity index (χ3n) is 5.76. The first-order chi connectivity index (χ1) is 13.7. The van der Waals surface area contributed by atoms with Gasteiger partial charge in [0, 0.05) is 56.7 Å². The van der Waals surface area contributed by atoms with E-state index in [1.54, 1.807) is 23.4 Å². The smallest absolute Gasteiger partial charge is 0.246 e. The number of rotatable bonds is 3. The highest BCUT2D eigenvalue weighted by atomic mass is 16.2. The molecule has 9 heteroatoms. The van der Waals surface area contributed by atoms with Crippen LogP contribution in [0.1, 0.15) is 17.5 Å². The van der Waals surface area contributed by atoms with Crippen LogP contribution in [0.15, 0.2) is 31.0 Å². The van der Waals surface area contributed by atoms with Gasteiger partial charge in [0.2, 0.25) is 11.8 Å². The van der Waals surface area contributed by atoms with Crippen molar-refractivity contribution in [2.75, 3.05) is 36.5 Å². The van der Waals surface area contributed by atoms with E-state index in [9.17, 15) is 9.59 Å². The molecule has 2 aromatic rings. The lowest BCUT2D eigenvalue weighted by molar-refractivity contribution is -0.125. The van der Waals surface area contributed by atoms with Crippen molar-refractivity contribution in [3.8, 4) is 0 Å². The van der Waals surface area contributed by atoms with E-state index in [1.165, 1.54) is 6.33 Å². The Bertz CT molecular complexity index is 926. The molecule has 3 aliphatic heterocycles. The third kappa shape index (κ3) is 3.12. The third-order valence-corrected chi connectivity index (χ3v) is 5.76. The summed E-state index contributed by atoms with van der Waals surface area (Å²) in [4.78, 5) is 36.0. The van der Waals surface area contributed by atoms with Gasteiger partial charge in [0.25, 0.3) is 0 Å². The van der Waals surface area contributed by atoms with Crippen molar-refractivity contribution in [3.63, 3.8) is 0 Å². The average Bonchev–Trinajstić information content (AvgIpc) is 3.41. The maximum Gasteiger partial charge on any atom is 0.246 e. The number of fused-ring (bicyclic) bond motifs is 2. The van der Waals surface area contributed by atoms with Crippen molar-refractivity contribution in [1.82, 2.24) is 24.8 Å². The van der Waals surface area contributed by atoms with Crippen LogP contribution in [0.3, 0.4) is 0 Å². The molecule has 0 radical (unpaired) electrons. The van der Waals surface area contributed by atoms with Gasteiger partial charge >= 0.3 is 0 Å². The minimum atomic E-state index is 0.000405. The summed E-state index contributed by atoms with van der Waals surface area (Å²) in [5, 5.41) is 9.14. The molecule has 0 spiro atoms. The molecule has 1 N–H and O–H groups in total. The number of hydrogen-bond donors (Lipinski definition) is 1. The van der Waals surface area contributed by atoms with Gasteiger partial charge in [-0.1, -0.05) is 0 Å². The minimum absolute atomic E-state index is 0.000405. The number of carbonyl (C=O) groups is 2. The normalized spacial score (nSPS) is 23.8. The summed E-state index contributed by atoms with van der Waals surface area (Å²) in [5.74, 6) is 1.60. The number of amides is 2. The van der Waals surface area contributed by atoms with Gasteiger partial charge in [0.15, 0.2) is 0 Å². The van der Waals surface area contributed by atoms with Crippen LogP contribution in [0, 0.1) is 11.8 Å². The Morgan fingerprint density at radius 1 is 1.18 bits per heavy atom. The van der Waals surface area contributed by atoms with Crippen molar-refractivity contribution < 1.29 is 9.59 Å². The van der Waals surface area contributed by atoms with Crippen molar-refractivity contribution in [1.29, 1.82) is 0 Å². The van der Waals surface area contributed by atoms with Gasteiger partial charge in [-0.2, -0.15) is 4.79 Å². The number of likely N-dealkylation sites (tertiary alicyclic amines) is 1. The van der Waals surface area contributed by atoms with Gasteiger partial charge < -0.3 is 10.2 Å². The fourth-order valence-corrected chi connectivity index (χ4v) is 4.30. The molecule has 2 fully saturated rings. The summed E-state index contributed by atoms with van der Waals surface area (Å²) in [6.07, 6.45) is 9.53. The van der Waals surface area contributed by atoms with Crippen molar-refractivity contribution in [2.24, 2.45) is 11.8 Å². The van der Waals surface area contributed by atoms with Crippen LogP contribution < -0.4 is 10.3 Å². The largest absolute Gasteiger partial charge is 0.338 e. The molecule has 0 aromatic carbocycles. The summed E-state index contributed by atoms with van der Waals surface area (Å²) in [5.41, 5.74) is 1.89. The summed E-state index contributed by atoms with van der Waals surface area (Å²) in [7, 11) is 0. The Kier molecular flexibility index (Phi) is 4.07. The first-order valence-corrected chi connectivity index (χ1v) is 9.51. The Morgan fingerprint density at radius 3 is 2.75 bits per heavy atom. The van der Waals surface area contributed by atoms with Crippen LogP contribution in [0.4, 0.5) is 5.82 Å². The second-order valence-electron chi connectivity index (χ2n) is 7.61. The second-order valence-corrected chi connectivity index (χ2v) is 7.61. The van der Waals surface area contributed by atoms with Crippen molar-refractivity contribution >= 4 is 23.7 Å². The van der Waals surface area contributed by atoms with E-state index in [0.29, 0.717) is 30.5 Å². The number of aryl methyl sites for hydroxylation is 1. The van der Waals surface area contributed by atoms with E-state index < -0.39 is 0 Å². The molecule has 5 heterocycles. The number of pyridine rings is 1. The average molecular weight is 379 g/mol. The van der Waals surface area contributed by atoms with Gasteiger partial charge in [-0.15, -0.1) is 5.10 Å². The molecular weight excluding hydrogens is 358 g/mol. The predicted octanol–water partition coefficient (Wildman–Crippen LogP) is 0.297. The molecule has 5 rings (SSSR count). The summed E-state index contributed by atoms with van der Waals surface area (Å²) < 4.78 is 0. The van der Waals surface area contributed by atoms with Gasteiger partial charge in [-0.25, -0.2) is 9.97 Å². The molecule has 0 aliphatic carbocycles. The zero-order valence-corrected chi connectivity index (χ0v) is 15.4. The number of nitrogens with zero attached hydrogens (tertiary/aromatic N) is 6. The molecule has 2 amide bonds. The highest BCUT2D eigenvalue weighted by molar-refractivity contribution is 5.94. The molecule has 144 valence electrons. The van der Waals surface area contributed by atoms with Gasteiger partial charge in [-0.05, 0) is 29.7 Å². The van der Waals surface area contributed by atoms with Crippen LogP contribution in [0.2, 0.25) is 0 Å². The predicted molar refractivity (Wildman–Crippen MR) is 102 cm³/mol. The lowest BCUT2D eigenvalue weighted by Crippen LogP contribution is -2.37. The zero-order valence-electron chi connectivity index (χ0n) is 15.4. The number of aromatic nitrogens is 4. The molecule has 0 saturated carbocycles. The van der Waals surface area contributed by atoms with E-state index in [4.69, 9.17) is 0 Å². The van der Waals surface area contributed by atoms with Crippen molar-refractivity contribution in [2.45, 2.75) is 12.8 Å². The summed E-state index contributed by atoms with van der Waals surface area (Å²) >= 11 is 0. The second kappa shape index (κ2) is 6.74. The van der Waals surface area contributed by atoms with Crippen LogP contribution in [-0.4, -0.2) is 62.8 Å². The standard InChI is InChI=1S/C19H21N7O2/c27-17-3-2-14-5-13(6-21-19(14)23-17)1-4-18(28)24-7-15-9-25(10-16(15)8-24)26-12-20-11-22-26/h1,4-6,11-12,15-16H,2-3,7-10H2,(H,21,23,27)/b4-1+. The van der Waals surface area contributed by atoms with Gasteiger partial charge in [0.1, 0.15) is 18.5 Å². The lowest BCUT2D eigenvalue weighted by Gasteiger charge is -2.21. The lowest BCUT2D eigenvalue weighted by atomic mass is 10.0. The molecule has 28 heavy (non-hydrogen) atoms. The molecule has 2 aromatic heterocycles. The zero-order chi connectivity index (χ0) is 19.1.